The molecule has 2 rings (SSSR count). The van der Waals surface area contributed by atoms with Crippen LogP contribution in [0.2, 0.25) is 0 Å². The minimum atomic E-state index is -0.633. The summed E-state index contributed by atoms with van der Waals surface area (Å²) in [5, 5.41) is 9.17. The van der Waals surface area contributed by atoms with Crippen molar-refractivity contribution in [2.75, 3.05) is 6.61 Å². The van der Waals surface area contributed by atoms with Gasteiger partial charge in [0, 0.05) is 0 Å². The Labute approximate surface area is 115 Å². The first-order valence-electron chi connectivity index (χ1n) is 6.95. The summed E-state index contributed by atoms with van der Waals surface area (Å²) in [7, 11) is 0. The van der Waals surface area contributed by atoms with Crippen molar-refractivity contribution >= 4 is 0 Å². The predicted molar refractivity (Wildman–Crippen MR) is 75.9 cm³/mol. The van der Waals surface area contributed by atoms with Crippen LogP contribution in [0.4, 0.5) is 0 Å². The second-order valence-corrected chi connectivity index (χ2v) is 5.70. The highest BCUT2D eigenvalue weighted by Crippen LogP contribution is 2.35. The van der Waals surface area contributed by atoms with E-state index in [1.165, 1.54) is 11.1 Å². The SMILES string of the molecule is Cc1cc(C)cc(OCCC2CCCC2(N)C#N)c1. The molecule has 102 valence electrons. The van der Waals surface area contributed by atoms with Gasteiger partial charge in [0.15, 0.2) is 0 Å². The van der Waals surface area contributed by atoms with Gasteiger partial charge in [0.2, 0.25) is 0 Å². The number of hydrogen-bond donors (Lipinski definition) is 1. The van der Waals surface area contributed by atoms with E-state index in [0.717, 1.165) is 31.4 Å². The highest BCUT2D eigenvalue weighted by atomic mass is 16.5. The molecule has 3 nitrogen and oxygen atoms in total. The topological polar surface area (TPSA) is 59.0 Å². The third-order valence-corrected chi connectivity index (χ3v) is 4.01. The number of nitrogens with zero attached hydrogens (tertiary/aromatic N) is 1. The smallest absolute Gasteiger partial charge is 0.119 e. The molecule has 1 fully saturated rings. The van der Waals surface area contributed by atoms with Crippen LogP contribution in [-0.4, -0.2) is 12.1 Å². The van der Waals surface area contributed by atoms with Gasteiger partial charge in [-0.05, 0) is 62.3 Å². The number of rotatable bonds is 4. The number of nitriles is 1. The largest absolute Gasteiger partial charge is 0.494 e. The van der Waals surface area contributed by atoms with Crippen LogP contribution >= 0.6 is 0 Å². The van der Waals surface area contributed by atoms with Gasteiger partial charge in [-0.2, -0.15) is 5.26 Å². The van der Waals surface area contributed by atoms with E-state index in [1.807, 2.05) is 12.1 Å². The molecule has 3 heteroatoms. The number of benzene rings is 1. The monoisotopic (exact) mass is 258 g/mol. The molecule has 0 aromatic heterocycles. The molecule has 2 unspecified atom stereocenters. The van der Waals surface area contributed by atoms with Gasteiger partial charge in [-0.3, -0.25) is 0 Å². The maximum Gasteiger partial charge on any atom is 0.119 e. The van der Waals surface area contributed by atoms with E-state index in [2.05, 4.69) is 26.0 Å². The summed E-state index contributed by atoms with van der Waals surface area (Å²) in [5.41, 5.74) is 7.90. The van der Waals surface area contributed by atoms with Crippen LogP contribution in [0.15, 0.2) is 18.2 Å². The number of ether oxygens (including phenoxy) is 1. The van der Waals surface area contributed by atoms with Crippen molar-refractivity contribution in [3.63, 3.8) is 0 Å². The highest BCUT2D eigenvalue weighted by Gasteiger charge is 2.39. The molecular weight excluding hydrogens is 236 g/mol. The average Bonchev–Trinajstić information content (AvgIpc) is 2.71. The fourth-order valence-electron chi connectivity index (χ4n) is 2.99. The van der Waals surface area contributed by atoms with Crippen LogP contribution in [-0.2, 0) is 0 Å². The molecule has 0 aliphatic heterocycles. The first-order valence-corrected chi connectivity index (χ1v) is 6.95. The third-order valence-electron chi connectivity index (χ3n) is 4.01. The number of nitrogens with two attached hydrogens (primary N) is 1. The summed E-state index contributed by atoms with van der Waals surface area (Å²) >= 11 is 0. The van der Waals surface area contributed by atoms with Gasteiger partial charge in [-0.1, -0.05) is 12.5 Å². The zero-order valence-corrected chi connectivity index (χ0v) is 11.8. The van der Waals surface area contributed by atoms with Gasteiger partial charge in [0.25, 0.3) is 0 Å². The maximum atomic E-state index is 9.17. The Bertz CT molecular complexity index is 472. The van der Waals surface area contributed by atoms with Gasteiger partial charge in [0.1, 0.15) is 11.3 Å². The normalized spacial score (nSPS) is 26.1. The molecule has 0 spiro atoms. The van der Waals surface area contributed by atoms with Crippen molar-refractivity contribution < 1.29 is 4.74 Å². The average molecular weight is 258 g/mol. The summed E-state index contributed by atoms with van der Waals surface area (Å²) in [6.45, 7) is 4.77. The summed E-state index contributed by atoms with van der Waals surface area (Å²) in [6.07, 6.45) is 3.77. The molecule has 0 heterocycles. The van der Waals surface area contributed by atoms with E-state index in [9.17, 15) is 0 Å². The Morgan fingerprint density at radius 2 is 2.05 bits per heavy atom. The lowest BCUT2D eigenvalue weighted by Gasteiger charge is -2.23. The van der Waals surface area contributed by atoms with Gasteiger partial charge < -0.3 is 10.5 Å². The fourth-order valence-corrected chi connectivity index (χ4v) is 2.99. The van der Waals surface area contributed by atoms with Crippen LogP contribution < -0.4 is 10.5 Å². The van der Waals surface area contributed by atoms with E-state index in [4.69, 9.17) is 15.7 Å². The Morgan fingerprint density at radius 3 is 2.68 bits per heavy atom. The summed E-state index contributed by atoms with van der Waals surface area (Å²) < 4.78 is 5.80. The Morgan fingerprint density at radius 1 is 1.37 bits per heavy atom. The standard InChI is InChI=1S/C16H22N2O/c1-12-8-13(2)10-15(9-12)19-7-5-14-4-3-6-16(14,18)11-17/h8-10,14H,3-7,18H2,1-2H3. The maximum absolute atomic E-state index is 9.17. The van der Waals surface area contributed by atoms with Crippen LogP contribution in [0.25, 0.3) is 0 Å². The quantitative estimate of drug-likeness (QED) is 0.902. The second kappa shape index (κ2) is 5.63. The van der Waals surface area contributed by atoms with E-state index in [1.54, 1.807) is 0 Å². The summed E-state index contributed by atoms with van der Waals surface area (Å²) in [5.74, 6) is 1.18. The lowest BCUT2D eigenvalue weighted by molar-refractivity contribution is 0.254. The molecule has 1 aliphatic rings. The van der Waals surface area contributed by atoms with Crippen molar-refractivity contribution in [1.82, 2.24) is 0 Å². The molecule has 0 saturated heterocycles. The predicted octanol–water partition coefficient (Wildman–Crippen LogP) is 3.09. The molecule has 0 radical (unpaired) electrons. The van der Waals surface area contributed by atoms with Crippen LogP contribution in [0.3, 0.4) is 0 Å². The molecular formula is C16H22N2O. The van der Waals surface area contributed by atoms with E-state index < -0.39 is 5.54 Å². The molecule has 2 N–H and O–H groups in total. The fraction of sp³-hybridized carbons (Fsp3) is 0.562. The first-order chi connectivity index (χ1) is 9.03. The Balaban J connectivity index is 1.88. The third kappa shape index (κ3) is 3.27. The van der Waals surface area contributed by atoms with E-state index in [0.29, 0.717) is 6.61 Å². The zero-order valence-electron chi connectivity index (χ0n) is 11.8. The zero-order chi connectivity index (χ0) is 13.9. The first kappa shape index (κ1) is 13.9. The van der Waals surface area contributed by atoms with Gasteiger partial charge >= 0.3 is 0 Å². The van der Waals surface area contributed by atoms with Gasteiger partial charge in [0.05, 0.1) is 12.7 Å². The van der Waals surface area contributed by atoms with Crippen molar-refractivity contribution in [2.45, 2.75) is 45.1 Å². The molecule has 0 bridgehead atoms. The van der Waals surface area contributed by atoms with Gasteiger partial charge in [-0.25, -0.2) is 0 Å². The van der Waals surface area contributed by atoms with Crippen molar-refractivity contribution in [3.05, 3.63) is 29.3 Å². The summed E-state index contributed by atoms with van der Waals surface area (Å²) in [4.78, 5) is 0. The number of hydrogen-bond acceptors (Lipinski definition) is 3. The van der Waals surface area contributed by atoms with Gasteiger partial charge in [-0.15, -0.1) is 0 Å². The van der Waals surface area contributed by atoms with E-state index >= 15 is 0 Å². The molecule has 1 aromatic rings. The Hall–Kier alpha value is -1.53. The molecule has 0 amide bonds. The molecule has 19 heavy (non-hydrogen) atoms. The molecule has 1 aromatic carbocycles. The molecule has 1 saturated carbocycles. The lowest BCUT2D eigenvalue weighted by atomic mass is 9.87. The highest BCUT2D eigenvalue weighted by molar-refractivity contribution is 5.32. The van der Waals surface area contributed by atoms with Crippen molar-refractivity contribution in [3.8, 4) is 11.8 Å². The van der Waals surface area contributed by atoms with Crippen molar-refractivity contribution in [2.24, 2.45) is 11.7 Å². The minimum absolute atomic E-state index is 0.267. The lowest BCUT2D eigenvalue weighted by Crippen LogP contribution is -2.42. The summed E-state index contributed by atoms with van der Waals surface area (Å²) in [6, 6.07) is 8.50. The van der Waals surface area contributed by atoms with Crippen LogP contribution in [0.1, 0.15) is 36.8 Å². The number of aryl methyl sites for hydroxylation is 2. The Kier molecular flexibility index (Phi) is 4.11. The van der Waals surface area contributed by atoms with Crippen molar-refractivity contribution in [1.29, 1.82) is 5.26 Å². The molecule has 2 atom stereocenters. The van der Waals surface area contributed by atoms with E-state index in [-0.39, 0.29) is 5.92 Å². The second-order valence-electron chi connectivity index (χ2n) is 5.70. The van der Waals surface area contributed by atoms with Crippen LogP contribution in [0.5, 0.6) is 5.75 Å². The minimum Gasteiger partial charge on any atom is -0.494 e. The molecule has 1 aliphatic carbocycles. The van der Waals surface area contributed by atoms with Crippen LogP contribution in [0, 0.1) is 31.1 Å².